The SMILES string of the molecule is CC1C(OCCCCCN2CCC(OP(=O)(O)OCCCOCC(CO)(CCCCCOP(=O)(O)OC3CCN(C(=O)CCCCOC4OC(CO)C(O)C(O)C4C)CC3)COCCCOP(=O)(O)OC3CCN(C(=O)CCCCOC4OC(CO)C(O)C(O)C4N)CC3)CC2)OC(CO)C(O)C1O. The Bertz CT molecular complexity index is 2430. The van der Waals surface area contributed by atoms with Crippen molar-refractivity contribution in [1.29, 1.82) is 0 Å². The van der Waals surface area contributed by atoms with E-state index in [1.807, 2.05) is 0 Å². The van der Waals surface area contributed by atoms with Crippen LogP contribution >= 0.6 is 23.5 Å². The van der Waals surface area contributed by atoms with E-state index >= 15 is 0 Å². The third kappa shape index (κ3) is 31.2. The van der Waals surface area contributed by atoms with Crippen LogP contribution in [-0.4, -0.2) is 329 Å². The molecule has 0 aliphatic carbocycles. The quantitative estimate of drug-likeness (QED) is 0.0294. The molecule has 104 heavy (non-hydrogen) atoms. The Kier molecular flexibility index (Phi) is 41.4. The number of phosphoric acid groups is 3. The van der Waals surface area contributed by atoms with Gasteiger partial charge in [0.25, 0.3) is 0 Å². The second kappa shape index (κ2) is 47.1. The van der Waals surface area contributed by atoms with Gasteiger partial charge in [0.1, 0.15) is 42.7 Å². The van der Waals surface area contributed by atoms with Crippen LogP contribution in [0.4, 0.5) is 0 Å². The predicted molar refractivity (Wildman–Crippen MR) is 367 cm³/mol. The maximum Gasteiger partial charge on any atom is 0.472 e. The average Bonchev–Trinajstić information content (AvgIpc) is 0.828. The molecule has 19 unspecified atom stereocenters. The molecule has 0 aromatic rings. The molecule has 6 rings (SSSR count). The first-order valence-corrected chi connectivity index (χ1v) is 41.6. The smallest absolute Gasteiger partial charge is 0.396 e. The van der Waals surface area contributed by atoms with Gasteiger partial charge in [-0.25, -0.2) is 13.7 Å². The van der Waals surface area contributed by atoms with Gasteiger partial charge in [-0.15, -0.1) is 0 Å². The lowest BCUT2D eigenvalue weighted by atomic mass is 9.85. The molecular weight excluding hydrogens is 1440 g/mol. The number of rotatable bonds is 50. The van der Waals surface area contributed by atoms with Crippen molar-refractivity contribution in [3.63, 3.8) is 0 Å². The summed E-state index contributed by atoms with van der Waals surface area (Å²) in [5.74, 6) is -1.19. The van der Waals surface area contributed by atoms with Crippen LogP contribution in [0, 0.1) is 17.3 Å². The van der Waals surface area contributed by atoms with Crippen LogP contribution < -0.4 is 5.73 Å². The predicted octanol–water partition coefficient (Wildman–Crippen LogP) is 0.663. The highest BCUT2D eigenvalue weighted by Gasteiger charge is 2.46. The summed E-state index contributed by atoms with van der Waals surface area (Å²) in [6, 6.07) is -1.03. The van der Waals surface area contributed by atoms with Crippen LogP contribution in [0.1, 0.15) is 149 Å². The summed E-state index contributed by atoms with van der Waals surface area (Å²) in [5, 5.41) is 100. The summed E-state index contributed by atoms with van der Waals surface area (Å²) in [7, 11) is -13.4. The van der Waals surface area contributed by atoms with Gasteiger partial charge in [-0.2, -0.15) is 0 Å². The van der Waals surface area contributed by atoms with Crippen molar-refractivity contribution in [2.24, 2.45) is 23.0 Å². The summed E-state index contributed by atoms with van der Waals surface area (Å²) < 4.78 is 117. The van der Waals surface area contributed by atoms with Crippen molar-refractivity contribution in [2.75, 3.05) is 138 Å². The fourth-order valence-corrected chi connectivity index (χ4v) is 16.3. The summed E-state index contributed by atoms with van der Waals surface area (Å²) in [4.78, 5) is 63.3. The number of carbonyl (C=O) groups excluding carboxylic acids is 2. The molecule has 6 aliphatic rings. The number of hydrogen-bond acceptors (Lipinski definition) is 31. The van der Waals surface area contributed by atoms with Gasteiger partial charge in [0, 0.05) is 102 Å². The van der Waals surface area contributed by atoms with Crippen molar-refractivity contribution in [3.8, 4) is 0 Å². The Morgan fingerprint density at radius 1 is 0.442 bits per heavy atom. The molecule has 610 valence electrons. The summed E-state index contributed by atoms with van der Waals surface area (Å²) in [5.41, 5.74) is 4.95. The molecule has 15 N–H and O–H groups in total. The first-order chi connectivity index (χ1) is 49.6. The number of phosphoric ester groups is 3. The second-order valence-electron chi connectivity index (χ2n) is 28.2. The zero-order valence-corrected chi connectivity index (χ0v) is 63.1. The maximum atomic E-state index is 13.0. The summed E-state index contributed by atoms with van der Waals surface area (Å²) in [6.45, 7) is 5.28. The first kappa shape index (κ1) is 91.3. The molecule has 0 aromatic carbocycles. The van der Waals surface area contributed by atoms with Crippen LogP contribution in [0.15, 0.2) is 0 Å². The van der Waals surface area contributed by atoms with E-state index in [-0.39, 0.29) is 104 Å². The van der Waals surface area contributed by atoms with Gasteiger partial charge < -0.3 is 124 Å². The topological polar surface area (TPSA) is 513 Å². The fraction of sp³-hybridized carbons (Fsp3) is 0.969. The van der Waals surface area contributed by atoms with E-state index in [0.29, 0.717) is 136 Å². The minimum absolute atomic E-state index is 0.00791. The number of nitrogens with two attached hydrogens (primary N) is 1. The second-order valence-corrected chi connectivity index (χ2v) is 32.4. The largest absolute Gasteiger partial charge is 0.472 e. The molecule has 6 heterocycles. The van der Waals surface area contributed by atoms with E-state index in [1.54, 1.807) is 23.6 Å². The molecule has 0 radical (unpaired) electrons. The lowest BCUT2D eigenvalue weighted by Crippen LogP contribution is -2.62. The van der Waals surface area contributed by atoms with Gasteiger partial charge in [0.15, 0.2) is 18.9 Å². The van der Waals surface area contributed by atoms with Crippen LogP contribution in [0.25, 0.3) is 0 Å². The van der Waals surface area contributed by atoms with Crippen molar-refractivity contribution in [2.45, 2.75) is 247 Å². The van der Waals surface area contributed by atoms with E-state index in [1.165, 1.54) is 0 Å². The average molecular weight is 1570 g/mol. The molecule has 2 amide bonds. The number of piperidine rings is 3. The van der Waals surface area contributed by atoms with E-state index in [9.17, 15) is 89.0 Å². The van der Waals surface area contributed by atoms with E-state index in [2.05, 4.69) is 4.90 Å². The van der Waals surface area contributed by atoms with Gasteiger partial charge in [-0.1, -0.05) is 26.7 Å². The van der Waals surface area contributed by atoms with Crippen LogP contribution in [0.3, 0.4) is 0 Å². The lowest BCUT2D eigenvalue weighted by Gasteiger charge is -2.40. The Morgan fingerprint density at radius 3 is 1.21 bits per heavy atom. The summed E-state index contributed by atoms with van der Waals surface area (Å²) >= 11 is 0. The molecule has 0 bridgehead atoms. The molecule has 19 atom stereocenters. The zero-order valence-electron chi connectivity index (χ0n) is 60.4. The number of nitrogens with zero attached hydrogens (tertiary/aromatic N) is 3. The minimum atomic E-state index is -4.52. The van der Waals surface area contributed by atoms with Gasteiger partial charge in [-0.05, 0) is 116 Å². The Labute approximate surface area is 610 Å². The molecular formula is C65H123N4O32P3. The first-order valence-electron chi connectivity index (χ1n) is 37.1. The van der Waals surface area contributed by atoms with Gasteiger partial charge in [0.2, 0.25) is 11.8 Å². The molecule has 6 fully saturated rings. The molecule has 0 saturated carbocycles. The summed E-state index contributed by atoms with van der Waals surface area (Å²) in [6.07, 6.45) is -5.39. The number of hydrogen-bond donors (Lipinski definition) is 14. The monoisotopic (exact) mass is 1560 g/mol. The lowest BCUT2D eigenvalue weighted by molar-refractivity contribution is -0.282. The van der Waals surface area contributed by atoms with Crippen LogP contribution in [0.2, 0.25) is 0 Å². The van der Waals surface area contributed by atoms with Crippen molar-refractivity contribution in [3.05, 3.63) is 0 Å². The van der Waals surface area contributed by atoms with E-state index in [0.717, 1.165) is 25.8 Å². The minimum Gasteiger partial charge on any atom is -0.396 e. The van der Waals surface area contributed by atoms with Crippen LogP contribution in [0.5, 0.6) is 0 Å². The highest BCUT2D eigenvalue weighted by atomic mass is 31.2. The van der Waals surface area contributed by atoms with Crippen molar-refractivity contribution < 1.29 is 154 Å². The Hall–Kier alpha value is -1.53. The standard InChI is InChI=1S/C65H123N4O32P3/c1-45-56(76)58(78)50(39-70)96-62(45)90-33-9-4-8-24-67-25-17-47(18-26-67)99-103(84,85)94-37-13-31-88-43-65(42-73,23-7-3-10-36-93-102(82,83)100-48-19-27-68(28-20-48)53(74)15-5-11-34-91-63-46(2)57(77)59(79)51(40-71)97-63)44-89-32-14-38-95-104(86,87)101-49-21-29-69(30-22-49)54(75)16-6-12-35-92-64-55(66)61(81)60(80)52(41-72)98-64/h45-52,55-64,70-73,76-81H,3-44,66H2,1-2H3,(H,82,83)(H,84,85)(H,86,87). The Balaban J connectivity index is 0.858. The van der Waals surface area contributed by atoms with Crippen molar-refractivity contribution >= 4 is 35.3 Å². The maximum absolute atomic E-state index is 13.0. The molecule has 6 saturated heterocycles. The van der Waals surface area contributed by atoms with E-state index in [4.69, 9.17) is 70.8 Å². The van der Waals surface area contributed by atoms with Gasteiger partial charge in [-0.3, -0.25) is 36.7 Å². The van der Waals surface area contributed by atoms with E-state index < -0.39 is 159 Å². The molecule has 6 aliphatic heterocycles. The number of ether oxygens (including phenoxy) is 8. The van der Waals surface area contributed by atoms with Gasteiger partial charge in [0.05, 0.1) is 96.0 Å². The zero-order chi connectivity index (χ0) is 75.9. The number of amides is 2. The third-order valence-corrected chi connectivity index (χ3v) is 23.2. The normalized spacial score (nSPS) is 31.1. The number of unbranched alkanes of at least 4 members (excludes halogenated alkanes) is 6. The van der Waals surface area contributed by atoms with Crippen LogP contribution in [-0.2, 0) is 88.3 Å². The third-order valence-electron chi connectivity index (χ3n) is 19.9. The molecule has 36 nitrogen and oxygen atoms in total. The Morgan fingerprint density at radius 2 is 0.798 bits per heavy atom. The highest BCUT2D eigenvalue weighted by molar-refractivity contribution is 7.48. The van der Waals surface area contributed by atoms with Crippen molar-refractivity contribution in [1.82, 2.24) is 14.7 Å². The number of likely N-dealkylation sites (tertiary alicyclic amines) is 3. The number of aliphatic hydroxyl groups excluding tert-OH is 10. The van der Waals surface area contributed by atoms with Gasteiger partial charge >= 0.3 is 23.5 Å². The molecule has 0 spiro atoms. The highest BCUT2D eigenvalue weighted by Crippen LogP contribution is 2.48. The molecule has 0 aromatic heterocycles. The fourth-order valence-electron chi connectivity index (χ4n) is 13.3. The number of aliphatic hydroxyl groups is 10. The number of carbonyl (C=O) groups is 2. The molecule has 39 heteroatoms.